The molecule has 3 rings (SSSR count). The Morgan fingerprint density at radius 1 is 0.941 bits per heavy atom. The topological polar surface area (TPSA) is 20.2 Å². The molecule has 0 spiro atoms. The van der Waals surface area contributed by atoms with Gasteiger partial charge in [0.25, 0.3) is 0 Å². The molecule has 2 aromatic carbocycles. The largest absolute Gasteiger partial charge is 0.507 e. The highest BCUT2D eigenvalue weighted by atomic mass is 32.2. The fraction of sp³-hybridized carbons (Fsp3) is 0.286. The average molecular weight is 263 g/mol. The van der Waals surface area contributed by atoms with Crippen LogP contribution in [0.3, 0.4) is 0 Å². The molecule has 17 heavy (non-hydrogen) atoms. The van der Waals surface area contributed by atoms with Gasteiger partial charge in [-0.05, 0) is 18.2 Å². The van der Waals surface area contributed by atoms with Gasteiger partial charge in [-0.3, -0.25) is 0 Å². The first kappa shape index (κ1) is 11.3. The van der Waals surface area contributed by atoms with E-state index in [1.54, 1.807) is 0 Å². The second-order valence-corrected chi connectivity index (χ2v) is 7.61. The molecule has 1 nitrogen and oxygen atoms in total. The molecule has 0 aromatic heterocycles. The number of benzene rings is 2. The van der Waals surface area contributed by atoms with Crippen LogP contribution in [0.25, 0.3) is 10.8 Å². The van der Waals surface area contributed by atoms with Crippen LogP contribution >= 0.6 is 11.8 Å². The van der Waals surface area contributed by atoms with Crippen LogP contribution in [-0.4, -0.2) is 28.1 Å². The lowest BCUT2D eigenvalue weighted by molar-refractivity contribution is 0.481. The van der Waals surface area contributed by atoms with Crippen LogP contribution in [0.4, 0.5) is 0 Å². The highest BCUT2D eigenvalue weighted by Crippen LogP contribution is 2.33. The third-order valence-electron chi connectivity index (χ3n) is 3.12. The summed E-state index contributed by atoms with van der Waals surface area (Å²) in [7, 11) is 0.377. The molecule has 0 amide bonds. The Morgan fingerprint density at radius 2 is 1.65 bits per heavy atom. The zero-order chi connectivity index (χ0) is 11.7. The SMILES string of the molecule is Oc1ccc([S+]2CCSCC2)c2ccccc12. The number of phenols is 1. The molecule has 1 aliphatic rings. The normalized spacial score (nSPS) is 17.4. The zero-order valence-electron chi connectivity index (χ0n) is 9.56. The number of hydrogen-bond acceptors (Lipinski definition) is 2. The van der Waals surface area contributed by atoms with Gasteiger partial charge in [0.1, 0.15) is 17.3 Å². The van der Waals surface area contributed by atoms with Crippen molar-refractivity contribution in [1.29, 1.82) is 0 Å². The summed E-state index contributed by atoms with van der Waals surface area (Å²) in [6, 6.07) is 12.2. The second kappa shape index (κ2) is 4.83. The smallest absolute Gasteiger partial charge is 0.163 e. The molecule has 0 atom stereocenters. The maximum absolute atomic E-state index is 9.89. The van der Waals surface area contributed by atoms with E-state index in [0.717, 1.165) is 5.39 Å². The van der Waals surface area contributed by atoms with Crippen LogP contribution in [0.15, 0.2) is 41.3 Å². The van der Waals surface area contributed by atoms with Crippen molar-refractivity contribution < 1.29 is 5.11 Å². The van der Waals surface area contributed by atoms with Crippen LogP contribution in [-0.2, 0) is 10.9 Å². The van der Waals surface area contributed by atoms with Crippen molar-refractivity contribution >= 4 is 33.4 Å². The first-order valence-corrected chi connectivity index (χ1v) is 8.54. The van der Waals surface area contributed by atoms with Gasteiger partial charge < -0.3 is 5.11 Å². The van der Waals surface area contributed by atoms with E-state index < -0.39 is 0 Å². The summed E-state index contributed by atoms with van der Waals surface area (Å²) in [6.07, 6.45) is 0. The molecular weight excluding hydrogens is 248 g/mol. The Morgan fingerprint density at radius 3 is 2.41 bits per heavy atom. The molecule has 0 bridgehead atoms. The summed E-state index contributed by atoms with van der Waals surface area (Å²) in [4.78, 5) is 1.44. The van der Waals surface area contributed by atoms with E-state index in [2.05, 4.69) is 30.0 Å². The third kappa shape index (κ3) is 2.14. The van der Waals surface area contributed by atoms with Crippen molar-refractivity contribution in [3.05, 3.63) is 36.4 Å². The lowest BCUT2D eigenvalue weighted by Crippen LogP contribution is -2.21. The van der Waals surface area contributed by atoms with Crippen molar-refractivity contribution in [1.82, 2.24) is 0 Å². The summed E-state index contributed by atoms with van der Waals surface area (Å²) < 4.78 is 0. The highest BCUT2D eigenvalue weighted by Gasteiger charge is 2.27. The summed E-state index contributed by atoms with van der Waals surface area (Å²) in [5.41, 5.74) is 0. The molecule has 2 aromatic rings. The fourth-order valence-electron chi connectivity index (χ4n) is 2.25. The number of hydrogen-bond donors (Lipinski definition) is 1. The fourth-order valence-corrected chi connectivity index (χ4v) is 6.40. The van der Waals surface area contributed by atoms with Crippen LogP contribution in [0.1, 0.15) is 0 Å². The minimum Gasteiger partial charge on any atom is -0.507 e. The lowest BCUT2D eigenvalue weighted by atomic mass is 10.1. The van der Waals surface area contributed by atoms with Crippen molar-refractivity contribution in [2.24, 2.45) is 0 Å². The molecule has 0 aliphatic carbocycles. The summed E-state index contributed by atoms with van der Waals surface area (Å²) in [5.74, 6) is 5.54. The molecule has 1 heterocycles. The molecule has 1 aliphatic heterocycles. The van der Waals surface area contributed by atoms with E-state index in [1.165, 1.54) is 33.3 Å². The standard InChI is InChI=1S/C14H14OS2/c15-13-5-6-14(17-9-7-16-8-10-17)12-4-2-1-3-11(12)13/h1-6H,7-10H2/p+1. The Kier molecular flexibility index (Phi) is 3.21. The number of fused-ring (bicyclic) bond motifs is 1. The predicted octanol–water partition coefficient (Wildman–Crippen LogP) is 3.27. The molecule has 1 saturated heterocycles. The maximum Gasteiger partial charge on any atom is 0.163 e. The first-order chi connectivity index (χ1) is 8.36. The van der Waals surface area contributed by atoms with Crippen LogP contribution in [0, 0.1) is 0 Å². The van der Waals surface area contributed by atoms with Crippen molar-refractivity contribution in [2.75, 3.05) is 23.0 Å². The highest BCUT2D eigenvalue weighted by molar-refractivity contribution is 8.05. The van der Waals surface area contributed by atoms with Gasteiger partial charge in [0.2, 0.25) is 0 Å². The predicted molar refractivity (Wildman–Crippen MR) is 78.3 cm³/mol. The third-order valence-corrected chi connectivity index (χ3v) is 6.99. The number of aromatic hydroxyl groups is 1. The van der Waals surface area contributed by atoms with Gasteiger partial charge in [-0.25, -0.2) is 0 Å². The Balaban J connectivity index is 2.12. The van der Waals surface area contributed by atoms with Gasteiger partial charge in [-0.15, -0.1) is 0 Å². The Bertz CT molecular complexity index is 533. The van der Waals surface area contributed by atoms with E-state index in [4.69, 9.17) is 0 Å². The number of phenolic OH excluding ortho intramolecular Hbond substituents is 1. The van der Waals surface area contributed by atoms with Gasteiger partial charge in [0.15, 0.2) is 4.90 Å². The summed E-state index contributed by atoms with van der Waals surface area (Å²) >= 11 is 2.06. The quantitative estimate of drug-likeness (QED) is 0.797. The monoisotopic (exact) mass is 263 g/mol. The van der Waals surface area contributed by atoms with E-state index in [9.17, 15) is 5.11 Å². The van der Waals surface area contributed by atoms with E-state index in [1.807, 2.05) is 18.2 Å². The van der Waals surface area contributed by atoms with Gasteiger partial charge in [0.05, 0.1) is 0 Å². The minimum absolute atomic E-state index is 0.377. The number of thioether (sulfide) groups is 1. The average Bonchev–Trinajstić information content (AvgIpc) is 2.41. The Labute approximate surface area is 109 Å². The zero-order valence-corrected chi connectivity index (χ0v) is 11.2. The van der Waals surface area contributed by atoms with Gasteiger partial charge in [-0.1, -0.05) is 18.2 Å². The minimum atomic E-state index is 0.377. The molecular formula is C14H15OS2+. The molecule has 3 heteroatoms. The van der Waals surface area contributed by atoms with E-state index in [-0.39, 0.29) is 0 Å². The summed E-state index contributed by atoms with van der Waals surface area (Å²) in [6.45, 7) is 0. The molecule has 88 valence electrons. The second-order valence-electron chi connectivity index (χ2n) is 4.14. The first-order valence-electron chi connectivity index (χ1n) is 5.82. The molecule has 0 unspecified atom stereocenters. The molecule has 1 N–H and O–H groups in total. The van der Waals surface area contributed by atoms with Crippen LogP contribution in [0.5, 0.6) is 5.75 Å². The molecule has 0 saturated carbocycles. The van der Waals surface area contributed by atoms with Gasteiger partial charge in [-0.2, -0.15) is 11.8 Å². The van der Waals surface area contributed by atoms with Crippen LogP contribution < -0.4 is 0 Å². The van der Waals surface area contributed by atoms with Gasteiger partial charge >= 0.3 is 0 Å². The van der Waals surface area contributed by atoms with Crippen LogP contribution in [0.2, 0.25) is 0 Å². The Hall–Kier alpha value is -0.800. The van der Waals surface area contributed by atoms with E-state index in [0.29, 0.717) is 16.6 Å². The molecule has 1 fully saturated rings. The number of rotatable bonds is 1. The van der Waals surface area contributed by atoms with Crippen molar-refractivity contribution in [3.8, 4) is 5.75 Å². The van der Waals surface area contributed by atoms with Crippen molar-refractivity contribution in [3.63, 3.8) is 0 Å². The van der Waals surface area contributed by atoms with Gasteiger partial charge in [0, 0.05) is 33.2 Å². The molecule has 0 radical (unpaired) electrons. The van der Waals surface area contributed by atoms with E-state index >= 15 is 0 Å². The maximum atomic E-state index is 9.89. The lowest BCUT2D eigenvalue weighted by Gasteiger charge is -2.15. The van der Waals surface area contributed by atoms with Crippen molar-refractivity contribution in [2.45, 2.75) is 4.90 Å². The summed E-state index contributed by atoms with van der Waals surface area (Å²) in [5, 5.41) is 12.1.